The van der Waals surface area contributed by atoms with Crippen LogP contribution in [0.2, 0.25) is 0 Å². The van der Waals surface area contributed by atoms with E-state index in [1.54, 1.807) is 25.3 Å². The number of benzene rings is 1. The highest BCUT2D eigenvalue weighted by atomic mass is 32.2. The van der Waals surface area contributed by atoms with Gasteiger partial charge in [0.05, 0.1) is 23.7 Å². The highest BCUT2D eigenvalue weighted by molar-refractivity contribution is 7.92. The lowest BCUT2D eigenvalue weighted by molar-refractivity contribution is 0.242. The molecule has 0 bridgehead atoms. The van der Waals surface area contributed by atoms with Gasteiger partial charge in [-0.3, -0.25) is 4.72 Å². The van der Waals surface area contributed by atoms with Crippen LogP contribution in [0.1, 0.15) is 20.8 Å². The number of aromatic nitrogens is 1. The molecule has 2 aromatic rings. The topological polar surface area (TPSA) is 80.3 Å². The zero-order valence-corrected chi connectivity index (χ0v) is 14.2. The number of ether oxygens (including phenoxy) is 1. The highest BCUT2D eigenvalue weighted by Gasteiger charge is 2.07. The molecule has 124 valence electrons. The first kappa shape index (κ1) is 17.1. The average molecular weight is 335 g/mol. The SMILES string of the molecule is CCS(=O)(=O)Nc1ccc(Nc2ccc(OC(C)C)cc2)cn1. The molecule has 2 N–H and O–H groups in total. The molecular formula is C16H21N3O3S. The van der Waals surface area contributed by atoms with Gasteiger partial charge in [0.1, 0.15) is 11.6 Å². The van der Waals surface area contributed by atoms with Crippen molar-refractivity contribution >= 4 is 27.2 Å². The summed E-state index contributed by atoms with van der Waals surface area (Å²) >= 11 is 0. The fourth-order valence-corrected chi connectivity index (χ4v) is 2.40. The minimum atomic E-state index is -3.31. The predicted molar refractivity (Wildman–Crippen MR) is 92.8 cm³/mol. The lowest BCUT2D eigenvalue weighted by Crippen LogP contribution is -2.15. The third-order valence-electron chi connectivity index (χ3n) is 2.92. The second-order valence-corrected chi connectivity index (χ2v) is 7.26. The van der Waals surface area contributed by atoms with Crippen molar-refractivity contribution in [3.05, 3.63) is 42.6 Å². The summed E-state index contributed by atoms with van der Waals surface area (Å²) in [7, 11) is -3.31. The van der Waals surface area contributed by atoms with Crippen LogP contribution in [-0.2, 0) is 10.0 Å². The second kappa shape index (κ2) is 7.32. The maximum Gasteiger partial charge on any atom is 0.233 e. The number of nitrogens with zero attached hydrogens (tertiary/aromatic N) is 1. The third-order valence-corrected chi connectivity index (χ3v) is 4.20. The van der Waals surface area contributed by atoms with E-state index in [2.05, 4.69) is 15.0 Å². The maximum absolute atomic E-state index is 11.5. The van der Waals surface area contributed by atoms with E-state index in [1.807, 2.05) is 38.1 Å². The van der Waals surface area contributed by atoms with Gasteiger partial charge in [0.25, 0.3) is 0 Å². The molecule has 1 heterocycles. The first-order valence-electron chi connectivity index (χ1n) is 7.38. The number of sulfonamides is 1. The largest absolute Gasteiger partial charge is 0.491 e. The first-order valence-corrected chi connectivity index (χ1v) is 9.03. The van der Waals surface area contributed by atoms with Gasteiger partial charge in [-0.15, -0.1) is 0 Å². The van der Waals surface area contributed by atoms with E-state index < -0.39 is 10.0 Å². The minimum Gasteiger partial charge on any atom is -0.491 e. The Bertz CT molecular complexity index is 726. The Kier molecular flexibility index (Phi) is 5.44. The van der Waals surface area contributed by atoms with Gasteiger partial charge in [-0.2, -0.15) is 0 Å². The summed E-state index contributed by atoms with van der Waals surface area (Å²) in [5.41, 5.74) is 1.66. The lowest BCUT2D eigenvalue weighted by atomic mass is 10.3. The average Bonchev–Trinajstić information content (AvgIpc) is 2.50. The van der Waals surface area contributed by atoms with Crippen molar-refractivity contribution in [3.8, 4) is 5.75 Å². The lowest BCUT2D eigenvalue weighted by Gasteiger charge is -2.11. The minimum absolute atomic E-state index is 0.0134. The van der Waals surface area contributed by atoms with Crippen LogP contribution in [0.3, 0.4) is 0 Å². The van der Waals surface area contributed by atoms with E-state index in [-0.39, 0.29) is 11.9 Å². The van der Waals surface area contributed by atoms with Crippen LogP contribution in [0.4, 0.5) is 17.2 Å². The van der Waals surface area contributed by atoms with Gasteiger partial charge in [-0.25, -0.2) is 13.4 Å². The quantitative estimate of drug-likeness (QED) is 0.811. The molecule has 1 aromatic carbocycles. The van der Waals surface area contributed by atoms with Gasteiger partial charge in [0.2, 0.25) is 10.0 Å². The molecule has 0 unspecified atom stereocenters. The molecular weight excluding hydrogens is 314 g/mol. The molecule has 1 aromatic heterocycles. The van der Waals surface area contributed by atoms with Gasteiger partial charge >= 0.3 is 0 Å². The molecule has 0 aliphatic carbocycles. The monoisotopic (exact) mass is 335 g/mol. The molecule has 0 amide bonds. The zero-order valence-electron chi connectivity index (χ0n) is 13.4. The standard InChI is InChI=1S/C16H21N3O3S/c1-4-23(20,21)19-16-10-7-14(11-17-16)18-13-5-8-15(9-6-13)22-12(2)3/h5-12,18H,4H2,1-3H3,(H,17,19). The van der Waals surface area contributed by atoms with Crippen LogP contribution >= 0.6 is 0 Å². The summed E-state index contributed by atoms with van der Waals surface area (Å²) in [5.74, 6) is 1.13. The fourth-order valence-electron chi connectivity index (χ4n) is 1.82. The van der Waals surface area contributed by atoms with E-state index in [4.69, 9.17) is 4.74 Å². The maximum atomic E-state index is 11.5. The summed E-state index contributed by atoms with van der Waals surface area (Å²) in [5, 5.41) is 3.19. The normalized spacial score (nSPS) is 11.3. The number of hydrogen-bond donors (Lipinski definition) is 2. The molecule has 0 radical (unpaired) electrons. The van der Waals surface area contributed by atoms with Crippen LogP contribution < -0.4 is 14.8 Å². The first-order chi connectivity index (χ1) is 10.9. The van der Waals surface area contributed by atoms with Gasteiger partial charge in [0.15, 0.2) is 0 Å². The van der Waals surface area contributed by atoms with E-state index in [0.717, 1.165) is 17.1 Å². The molecule has 0 aliphatic rings. The zero-order chi connectivity index (χ0) is 16.9. The summed E-state index contributed by atoms with van der Waals surface area (Å²) < 4.78 is 30.9. The molecule has 23 heavy (non-hydrogen) atoms. The van der Waals surface area contributed by atoms with Crippen molar-refractivity contribution in [2.75, 3.05) is 15.8 Å². The molecule has 0 spiro atoms. The molecule has 0 saturated carbocycles. The van der Waals surface area contributed by atoms with Crippen molar-refractivity contribution in [1.82, 2.24) is 4.98 Å². The number of anilines is 3. The van der Waals surface area contributed by atoms with Crippen molar-refractivity contribution in [3.63, 3.8) is 0 Å². The Morgan fingerprint density at radius 1 is 1.09 bits per heavy atom. The predicted octanol–water partition coefficient (Wildman–Crippen LogP) is 3.37. The Morgan fingerprint density at radius 2 is 1.74 bits per heavy atom. The number of rotatable bonds is 7. The number of nitrogens with one attached hydrogen (secondary N) is 2. The number of hydrogen-bond acceptors (Lipinski definition) is 5. The Hall–Kier alpha value is -2.28. The molecule has 0 fully saturated rings. The fraction of sp³-hybridized carbons (Fsp3) is 0.312. The third kappa shape index (κ3) is 5.45. The van der Waals surface area contributed by atoms with Crippen LogP contribution in [0.5, 0.6) is 5.75 Å². The van der Waals surface area contributed by atoms with Gasteiger partial charge in [0, 0.05) is 5.69 Å². The van der Waals surface area contributed by atoms with E-state index in [0.29, 0.717) is 5.82 Å². The summed E-state index contributed by atoms with van der Waals surface area (Å²) in [6.07, 6.45) is 1.71. The van der Waals surface area contributed by atoms with E-state index >= 15 is 0 Å². The van der Waals surface area contributed by atoms with Gasteiger partial charge in [-0.1, -0.05) is 0 Å². The summed E-state index contributed by atoms with van der Waals surface area (Å²) in [6, 6.07) is 11.0. The summed E-state index contributed by atoms with van der Waals surface area (Å²) in [4.78, 5) is 4.09. The smallest absolute Gasteiger partial charge is 0.233 e. The van der Waals surface area contributed by atoms with Crippen molar-refractivity contribution < 1.29 is 13.2 Å². The molecule has 7 heteroatoms. The van der Waals surface area contributed by atoms with E-state index in [1.165, 1.54) is 0 Å². The van der Waals surface area contributed by atoms with Crippen LogP contribution in [-0.4, -0.2) is 25.3 Å². The Balaban J connectivity index is 2.00. The molecule has 0 aliphatic heterocycles. The van der Waals surface area contributed by atoms with E-state index in [9.17, 15) is 8.42 Å². The Morgan fingerprint density at radius 3 is 2.26 bits per heavy atom. The molecule has 6 nitrogen and oxygen atoms in total. The van der Waals surface area contributed by atoms with Crippen LogP contribution in [0.25, 0.3) is 0 Å². The van der Waals surface area contributed by atoms with Crippen LogP contribution in [0.15, 0.2) is 42.6 Å². The molecule has 0 saturated heterocycles. The van der Waals surface area contributed by atoms with Crippen molar-refractivity contribution in [2.24, 2.45) is 0 Å². The van der Waals surface area contributed by atoms with Gasteiger partial charge in [-0.05, 0) is 57.2 Å². The van der Waals surface area contributed by atoms with Gasteiger partial charge < -0.3 is 10.1 Å². The number of pyridine rings is 1. The summed E-state index contributed by atoms with van der Waals surface area (Å²) in [6.45, 7) is 5.53. The Labute approximate surface area is 137 Å². The van der Waals surface area contributed by atoms with Crippen molar-refractivity contribution in [1.29, 1.82) is 0 Å². The molecule has 0 atom stereocenters. The molecule has 2 rings (SSSR count). The second-order valence-electron chi connectivity index (χ2n) is 5.25. The highest BCUT2D eigenvalue weighted by Crippen LogP contribution is 2.21. The van der Waals surface area contributed by atoms with Crippen molar-refractivity contribution in [2.45, 2.75) is 26.9 Å². The van der Waals surface area contributed by atoms with Crippen LogP contribution in [0, 0.1) is 0 Å².